The van der Waals surface area contributed by atoms with Gasteiger partial charge in [0.25, 0.3) is 0 Å². The maximum Gasteiger partial charge on any atom is 0.0200 e. The molecule has 0 amide bonds. The number of hydrogen-bond donors (Lipinski definition) is 1. The first-order valence-electron chi connectivity index (χ1n) is 9.03. The molecule has 1 aliphatic heterocycles. The average molecular weight is 280 g/mol. The van der Waals surface area contributed by atoms with Gasteiger partial charge in [0.15, 0.2) is 0 Å². The summed E-state index contributed by atoms with van der Waals surface area (Å²) >= 11 is 0. The van der Waals surface area contributed by atoms with Gasteiger partial charge < -0.3 is 10.2 Å². The molecular formula is C18H36N2. The van der Waals surface area contributed by atoms with Crippen LogP contribution in [0, 0.1) is 17.8 Å². The third-order valence-electron chi connectivity index (χ3n) is 5.20. The Kier molecular flexibility index (Phi) is 6.35. The highest BCUT2D eigenvalue weighted by Crippen LogP contribution is 2.26. The molecule has 1 heterocycles. The lowest BCUT2D eigenvalue weighted by Crippen LogP contribution is -2.53. The van der Waals surface area contributed by atoms with Crippen molar-refractivity contribution in [3.05, 3.63) is 0 Å². The number of rotatable bonds is 5. The molecule has 2 rings (SSSR count). The predicted molar refractivity (Wildman–Crippen MR) is 88.0 cm³/mol. The van der Waals surface area contributed by atoms with E-state index in [-0.39, 0.29) is 0 Å². The first-order valence-corrected chi connectivity index (χ1v) is 9.03. The molecule has 0 spiro atoms. The molecule has 118 valence electrons. The number of nitrogens with one attached hydrogen (secondary N) is 1. The summed E-state index contributed by atoms with van der Waals surface area (Å²) in [6, 6.07) is 1.54. The van der Waals surface area contributed by atoms with Crippen molar-refractivity contribution in [2.24, 2.45) is 17.8 Å². The smallest absolute Gasteiger partial charge is 0.0200 e. The van der Waals surface area contributed by atoms with Crippen LogP contribution in [0.25, 0.3) is 0 Å². The maximum absolute atomic E-state index is 4.00. The third kappa shape index (κ3) is 5.04. The van der Waals surface area contributed by atoms with Crippen molar-refractivity contribution in [2.45, 2.75) is 78.3 Å². The van der Waals surface area contributed by atoms with Crippen LogP contribution in [0.15, 0.2) is 0 Å². The van der Waals surface area contributed by atoms with Gasteiger partial charge in [-0.15, -0.1) is 0 Å². The van der Waals surface area contributed by atoms with Gasteiger partial charge in [-0.25, -0.2) is 0 Å². The molecule has 2 atom stereocenters. The van der Waals surface area contributed by atoms with Crippen LogP contribution in [-0.4, -0.2) is 36.6 Å². The second-order valence-corrected chi connectivity index (χ2v) is 8.05. The average Bonchev–Trinajstić information content (AvgIpc) is 2.38. The molecule has 20 heavy (non-hydrogen) atoms. The molecule has 2 heteroatoms. The molecule has 2 unspecified atom stereocenters. The molecule has 0 aromatic heterocycles. The zero-order valence-corrected chi connectivity index (χ0v) is 14.2. The summed E-state index contributed by atoms with van der Waals surface area (Å²) in [6.45, 7) is 13.4. The van der Waals surface area contributed by atoms with E-state index in [2.05, 4.69) is 37.9 Å². The Balaban J connectivity index is 1.88. The van der Waals surface area contributed by atoms with Gasteiger partial charge in [-0.3, -0.25) is 0 Å². The van der Waals surface area contributed by atoms with Gasteiger partial charge in [-0.2, -0.15) is 0 Å². The Morgan fingerprint density at radius 1 is 0.950 bits per heavy atom. The van der Waals surface area contributed by atoms with E-state index in [0.29, 0.717) is 0 Å². The summed E-state index contributed by atoms with van der Waals surface area (Å²) in [4.78, 5) is 2.72. The lowest BCUT2D eigenvalue weighted by molar-refractivity contribution is 0.0977. The Bertz CT molecular complexity index is 269. The second kappa shape index (κ2) is 7.79. The van der Waals surface area contributed by atoms with E-state index in [1.165, 1.54) is 58.2 Å². The Labute approximate surface area is 126 Å². The van der Waals surface area contributed by atoms with E-state index in [9.17, 15) is 0 Å². The van der Waals surface area contributed by atoms with Gasteiger partial charge in [0.1, 0.15) is 0 Å². The molecule has 0 radical (unpaired) electrons. The molecule has 2 nitrogen and oxygen atoms in total. The van der Waals surface area contributed by atoms with E-state index in [1.807, 2.05) is 0 Å². The van der Waals surface area contributed by atoms with Gasteiger partial charge in [0.05, 0.1) is 0 Å². The van der Waals surface area contributed by atoms with Crippen molar-refractivity contribution >= 4 is 0 Å². The highest BCUT2D eigenvalue weighted by molar-refractivity contribution is 4.87. The largest absolute Gasteiger partial charge is 0.310 e. The van der Waals surface area contributed by atoms with Crippen LogP contribution in [0.1, 0.15) is 66.2 Å². The van der Waals surface area contributed by atoms with Gasteiger partial charge >= 0.3 is 0 Å². The molecule has 1 N–H and O–H groups in total. The minimum absolute atomic E-state index is 0.734. The van der Waals surface area contributed by atoms with Crippen LogP contribution in [0.4, 0.5) is 0 Å². The third-order valence-corrected chi connectivity index (χ3v) is 5.20. The molecule has 2 aliphatic rings. The minimum atomic E-state index is 0.734. The molecular weight excluding hydrogens is 244 g/mol. The van der Waals surface area contributed by atoms with Crippen molar-refractivity contribution in [1.29, 1.82) is 0 Å². The van der Waals surface area contributed by atoms with Crippen LogP contribution in [0.2, 0.25) is 0 Å². The molecule has 1 aliphatic carbocycles. The van der Waals surface area contributed by atoms with Gasteiger partial charge in [0, 0.05) is 31.7 Å². The summed E-state index contributed by atoms with van der Waals surface area (Å²) in [5.41, 5.74) is 0. The van der Waals surface area contributed by atoms with Crippen molar-refractivity contribution in [1.82, 2.24) is 10.2 Å². The van der Waals surface area contributed by atoms with Crippen LogP contribution in [0.3, 0.4) is 0 Å². The fourth-order valence-electron chi connectivity index (χ4n) is 4.10. The van der Waals surface area contributed by atoms with E-state index >= 15 is 0 Å². The monoisotopic (exact) mass is 280 g/mol. The van der Waals surface area contributed by atoms with Gasteiger partial charge in [0.2, 0.25) is 0 Å². The van der Waals surface area contributed by atoms with Crippen molar-refractivity contribution in [3.8, 4) is 0 Å². The quantitative estimate of drug-likeness (QED) is 0.821. The Morgan fingerprint density at radius 3 is 2.25 bits per heavy atom. The van der Waals surface area contributed by atoms with Crippen LogP contribution in [-0.2, 0) is 0 Å². The summed E-state index contributed by atoms with van der Waals surface area (Å²) < 4.78 is 0. The fourth-order valence-corrected chi connectivity index (χ4v) is 4.10. The molecule has 0 aromatic rings. The fraction of sp³-hybridized carbons (Fsp3) is 1.00. The molecule has 0 bridgehead atoms. The molecule has 1 saturated heterocycles. The highest BCUT2D eigenvalue weighted by Gasteiger charge is 2.30. The number of piperidine rings is 1. The van der Waals surface area contributed by atoms with Crippen LogP contribution in [0.5, 0.6) is 0 Å². The minimum Gasteiger partial charge on any atom is -0.310 e. The predicted octanol–water partition coefficient (Wildman–Crippen LogP) is 3.91. The Morgan fingerprint density at radius 2 is 1.65 bits per heavy atom. The van der Waals surface area contributed by atoms with E-state index < -0.39 is 0 Å². The lowest BCUT2D eigenvalue weighted by Gasteiger charge is -2.42. The Hall–Kier alpha value is -0.0800. The SMILES string of the molecule is CC(C)CN1CC(NC2CCCCC2)CC(C(C)C)C1. The zero-order chi connectivity index (χ0) is 14.5. The first-order chi connectivity index (χ1) is 9.54. The highest BCUT2D eigenvalue weighted by atomic mass is 15.2. The lowest BCUT2D eigenvalue weighted by atomic mass is 9.84. The number of likely N-dealkylation sites (tertiary alicyclic amines) is 1. The van der Waals surface area contributed by atoms with E-state index in [4.69, 9.17) is 0 Å². The summed E-state index contributed by atoms with van der Waals surface area (Å²) in [6.07, 6.45) is 8.54. The van der Waals surface area contributed by atoms with Crippen molar-refractivity contribution in [2.75, 3.05) is 19.6 Å². The van der Waals surface area contributed by atoms with Crippen molar-refractivity contribution in [3.63, 3.8) is 0 Å². The summed E-state index contributed by atoms with van der Waals surface area (Å²) in [7, 11) is 0. The molecule has 2 fully saturated rings. The van der Waals surface area contributed by atoms with Gasteiger partial charge in [-0.05, 0) is 37.0 Å². The standard InChI is InChI=1S/C18H36N2/c1-14(2)11-20-12-16(15(3)4)10-18(13-20)19-17-8-6-5-7-9-17/h14-19H,5-13H2,1-4H3. The molecule has 0 aromatic carbocycles. The van der Waals surface area contributed by atoms with Gasteiger partial charge in [-0.1, -0.05) is 47.0 Å². The summed E-state index contributed by atoms with van der Waals surface area (Å²) in [5, 5.41) is 4.00. The molecule has 1 saturated carbocycles. The maximum atomic E-state index is 4.00. The van der Waals surface area contributed by atoms with Crippen LogP contribution >= 0.6 is 0 Å². The van der Waals surface area contributed by atoms with Crippen molar-refractivity contribution < 1.29 is 0 Å². The number of nitrogens with zero attached hydrogens (tertiary/aromatic N) is 1. The summed E-state index contributed by atoms with van der Waals surface area (Å²) in [5.74, 6) is 2.49. The van der Waals surface area contributed by atoms with E-state index in [0.717, 1.165) is 29.8 Å². The van der Waals surface area contributed by atoms with Crippen LogP contribution < -0.4 is 5.32 Å². The first kappa shape index (κ1) is 16.3. The normalized spacial score (nSPS) is 30.3. The topological polar surface area (TPSA) is 15.3 Å². The van der Waals surface area contributed by atoms with E-state index in [1.54, 1.807) is 0 Å². The second-order valence-electron chi connectivity index (χ2n) is 8.05. The zero-order valence-electron chi connectivity index (χ0n) is 14.2. The number of hydrogen-bond acceptors (Lipinski definition) is 2.